The van der Waals surface area contributed by atoms with E-state index in [1.807, 2.05) is 29.3 Å². The fraction of sp³-hybridized carbons (Fsp3) is 0.581. The van der Waals surface area contributed by atoms with Gasteiger partial charge in [-0.2, -0.15) is 0 Å². The van der Waals surface area contributed by atoms with E-state index in [1.165, 1.54) is 12.0 Å². The van der Waals surface area contributed by atoms with Gasteiger partial charge in [0.1, 0.15) is 0 Å². The number of hydrogen-bond donors (Lipinski definition) is 1. The molecule has 0 unspecified atom stereocenters. The van der Waals surface area contributed by atoms with E-state index in [4.69, 9.17) is 0 Å². The summed E-state index contributed by atoms with van der Waals surface area (Å²) in [6.07, 6.45) is 12.8. The minimum absolute atomic E-state index is 0.0198. The summed E-state index contributed by atoms with van der Waals surface area (Å²) in [7, 11) is 0. The lowest BCUT2D eigenvalue weighted by molar-refractivity contribution is -0.139. The van der Waals surface area contributed by atoms with Gasteiger partial charge < -0.3 is 15.1 Å². The highest BCUT2D eigenvalue weighted by molar-refractivity contribution is 5.85. The van der Waals surface area contributed by atoms with E-state index in [-0.39, 0.29) is 22.8 Å². The van der Waals surface area contributed by atoms with Gasteiger partial charge in [-0.15, -0.1) is 0 Å². The standard InChI is InChI=1S/C31H42N4O2/c1-30(13-6-3-7-14-30)28(36)33-27(26-10-4-2-5-11-26)12-19-34-20-15-31(16-21-34)17-22-35(29(31)37)24-25-9-8-18-32-23-25/h2,4-5,8-11,18,23,27H,3,6-7,12-17,19-22,24H2,1H3,(H,33,36)/t27-/m0/s1. The lowest BCUT2D eigenvalue weighted by atomic mass is 9.75. The Morgan fingerprint density at radius 2 is 1.70 bits per heavy atom. The molecular formula is C31H42N4O2. The van der Waals surface area contributed by atoms with Crippen LogP contribution in [0.1, 0.15) is 81.9 Å². The van der Waals surface area contributed by atoms with Crippen molar-refractivity contribution >= 4 is 11.8 Å². The maximum Gasteiger partial charge on any atom is 0.229 e. The molecule has 2 amide bonds. The first-order valence-electron chi connectivity index (χ1n) is 14.2. The molecular weight excluding hydrogens is 460 g/mol. The number of likely N-dealkylation sites (tertiary alicyclic amines) is 2. The number of carbonyl (C=O) groups is 2. The smallest absolute Gasteiger partial charge is 0.229 e. The summed E-state index contributed by atoms with van der Waals surface area (Å²) in [5, 5.41) is 3.44. The number of pyridine rings is 1. The molecule has 3 aliphatic rings. The predicted octanol–water partition coefficient (Wildman–Crippen LogP) is 5.11. The topological polar surface area (TPSA) is 65.5 Å². The number of rotatable bonds is 8. The van der Waals surface area contributed by atoms with Crippen LogP contribution < -0.4 is 5.32 Å². The Morgan fingerprint density at radius 3 is 2.41 bits per heavy atom. The second-order valence-electron chi connectivity index (χ2n) is 11.8. The zero-order valence-electron chi connectivity index (χ0n) is 22.3. The van der Waals surface area contributed by atoms with E-state index in [0.717, 1.165) is 83.1 Å². The number of amides is 2. The van der Waals surface area contributed by atoms with Crippen molar-refractivity contribution in [3.8, 4) is 0 Å². The van der Waals surface area contributed by atoms with Crippen molar-refractivity contribution in [2.45, 2.75) is 77.3 Å². The van der Waals surface area contributed by atoms with Gasteiger partial charge in [-0.3, -0.25) is 14.6 Å². The van der Waals surface area contributed by atoms with E-state index in [2.05, 4.69) is 46.4 Å². The van der Waals surface area contributed by atoms with Gasteiger partial charge in [-0.1, -0.05) is 62.6 Å². The van der Waals surface area contributed by atoms with E-state index >= 15 is 0 Å². The molecule has 1 spiro atoms. The predicted molar refractivity (Wildman–Crippen MR) is 146 cm³/mol. The minimum atomic E-state index is -0.243. The first-order chi connectivity index (χ1) is 18.0. The minimum Gasteiger partial charge on any atom is -0.349 e. The molecule has 1 aromatic carbocycles. The van der Waals surface area contributed by atoms with Crippen LogP contribution in [-0.4, -0.2) is 52.8 Å². The van der Waals surface area contributed by atoms with Crippen LogP contribution >= 0.6 is 0 Å². The Morgan fingerprint density at radius 1 is 0.973 bits per heavy atom. The second kappa shape index (κ2) is 11.3. The fourth-order valence-corrected chi connectivity index (χ4v) is 6.64. The molecule has 1 atom stereocenters. The van der Waals surface area contributed by atoms with E-state index in [0.29, 0.717) is 12.5 Å². The lowest BCUT2D eigenvalue weighted by Gasteiger charge is -2.39. The molecule has 0 radical (unpaired) electrons. The average molecular weight is 503 g/mol. The van der Waals surface area contributed by atoms with E-state index in [1.54, 1.807) is 6.20 Å². The van der Waals surface area contributed by atoms with Gasteiger partial charge >= 0.3 is 0 Å². The van der Waals surface area contributed by atoms with Crippen molar-refractivity contribution in [1.29, 1.82) is 0 Å². The molecule has 5 rings (SSSR count). The third-order valence-corrected chi connectivity index (χ3v) is 9.26. The lowest BCUT2D eigenvalue weighted by Crippen LogP contribution is -2.46. The van der Waals surface area contributed by atoms with E-state index in [9.17, 15) is 9.59 Å². The van der Waals surface area contributed by atoms with Crippen molar-refractivity contribution < 1.29 is 9.59 Å². The van der Waals surface area contributed by atoms with Crippen LogP contribution in [0.25, 0.3) is 0 Å². The monoisotopic (exact) mass is 502 g/mol. The Labute approximate surface area is 221 Å². The Hall–Kier alpha value is -2.73. The number of hydrogen-bond acceptors (Lipinski definition) is 4. The van der Waals surface area contributed by atoms with Crippen molar-refractivity contribution in [2.24, 2.45) is 10.8 Å². The zero-order chi connectivity index (χ0) is 25.7. The average Bonchev–Trinajstić information content (AvgIpc) is 3.23. The molecule has 3 fully saturated rings. The molecule has 37 heavy (non-hydrogen) atoms. The van der Waals surface area contributed by atoms with Crippen LogP contribution in [0.4, 0.5) is 0 Å². The van der Waals surface area contributed by atoms with Crippen molar-refractivity contribution in [2.75, 3.05) is 26.2 Å². The summed E-state index contributed by atoms with van der Waals surface area (Å²) in [5.74, 6) is 0.537. The highest BCUT2D eigenvalue weighted by atomic mass is 16.2. The SMILES string of the molecule is CC1(C(=O)N[C@@H](CCN2CCC3(CC2)CCN(Cc2cccnc2)C3=O)c2ccccc2)CCCCC1. The van der Waals surface area contributed by atoms with Gasteiger partial charge in [0.2, 0.25) is 11.8 Å². The second-order valence-corrected chi connectivity index (χ2v) is 11.8. The number of nitrogens with zero attached hydrogens (tertiary/aromatic N) is 3. The maximum absolute atomic E-state index is 13.4. The van der Waals surface area contributed by atoms with Crippen molar-refractivity contribution in [3.63, 3.8) is 0 Å². The Balaban J connectivity index is 1.16. The molecule has 1 N–H and O–H groups in total. The normalized spacial score (nSPS) is 22.2. The molecule has 1 aliphatic carbocycles. The summed E-state index contributed by atoms with van der Waals surface area (Å²) in [4.78, 5) is 35.5. The molecule has 6 nitrogen and oxygen atoms in total. The summed E-state index contributed by atoms with van der Waals surface area (Å²) in [6, 6.07) is 14.4. The van der Waals surface area contributed by atoms with Gasteiger partial charge in [0.25, 0.3) is 0 Å². The first-order valence-corrected chi connectivity index (χ1v) is 14.2. The molecule has 0 bridgehead atoms. The number of benzene rings is 1. The van der Waals surface area contributed by atoms with Crippen LogP contribution in [0.3, 0.4) is 0 Å². The summed E-state index contributed by atoms with van der Waals surface area (Å²) in [6.45, 7) is 6.47. The van der Waals surface area contributed by atoms with Crippen LogP contribution in [0, 0.1) is 10.8 Å². The fourth-order valence-electron chi connectivity index (χ4n) is 6.64. The van der Waals surface area contributed by atoms with Crippen LogP contribution in [0.5, 0.6) is 0 Å². The molecule has 2 aromatic rings. The van der Waals surface area contributed by atoms with Crippen molar-refractivity contribution in [1.82, 2.24) is 20.1 Å². The number of piperidine rings is 1. The third-order valence-electron chi connectivity index (χ3n) is 9.26. The molecule has 1 aromatic heterocycles. The maximum atomic E-state index is 13.4. The quantitative estimate of drug-likeness (QED) is 0.545. The summed E-state index contributed by atoms with van der Waals surface area (Å²) >= 11 is 0. The Bertz CT molecular complexity index is 1040. The van der Waals surface area contributed by atoms with Gasteiger partial charge in [-0.05, 0) is 68.8 Å². The summed E-state index contributed by atoms with van der Waals surface area (Å²) < 4.78 is 0. The molecule has 1 saturated carbocycles. The zero-order valence-corrected chi connectivity index (χ0v) is 22.3. The third kappa shape index (κ3) is 5.90. The highest BCUT2D eigenvalue weighted by Gasteiger charge is 2.48. The highest BCUT2D eigenvalue weighted by Crippen LogP contribution is 2.42. The molecule has 3 heterocycles. The van der Waals surface area contributed by atoms with Gasteiger partial charge in [0.15, 0.2) is 0 Å². The van der Waals surface area contributed by atoms with Gasteiger partial charge in [-0.25, -0.2) is 0 Å². The number of nitrogens with one attached hydrogen (secondary N) is 1. The number of aromatic nitrogens is 1. The van der Waals surface area contributed by atoms with Crippen LogP contribution in [0.15, 0.2) is 54.9 Å². The van der Waals surface area contributed by atoms with Crippen molar-refractivity contribution in [3.05, 3.63) is 66.0 Å². The van der Waals surface area contributed by atoms with Gasteiger partial charge in [0, 0.05) is 37.4 Å². The van der Waals surface area contributed by atoms with Crippen LogP contribution in [0.2, 0.25) is 0 Å². The summed E-state index contributed by atoms with van der Waals surface area (Å²) in [5.41, 5.74) is 1.84. The van der Waals surface area contributed by atoms with E-state index < -0.39 is 0 Å². The molecule has 198 valence electrons. The van der Waals surface area contributed by atoms with Gasteiger partial charge in [0.05, 0.1) is 11.5 Å². The molecule has 2 aliphatic heterocycles. The Kier molecular flexibility index (Phi) is 7.94. The molecule has 6 heteroatoms. The van der Waals surface area contributed by atoms with Crippen LogP contribution in [-0.2, 0) is 16.1 Å². The molecule has 2 saturated heterocycles. The largest absolute Gasteiger partial charge is 0.349 e. The number of carbonyl (C=O) groups excluding carboxylic acids is 2. The first kappa shape index (κ1) is 25.9.